The number of para-hydroxylation sites is 2. The summed E-state index contributed by atoms with van der Waals surface area (Å²) in [6, 6.07) is 31.0. The van der Waals surface area contributed by atoms with Crippen LogP contribution in [0.1, 0.15) is 46.2 Å². The smallest absolute Gasteiger partial charge is 0.310 e. The van der Waals surface area contributed by atoms with Crippen molar-refractivity contribution in [1.29, 1.82) is 0 Å². The Morgan fingerprint density at radius 2 is 1.14 bits per heavy atom. The van der Waals surface area contributed by atoms with Gasteiger partial charge in [-0.25, -0.2) is 0 Å². The Labute approximate surface area is 340 Å². The predicted molar refractivity (Wildman–Crippen MR) is 220 cm³/mol. The lowest BCUT2D eigenvalue weighted by molar-refractivity contribution is -0.178. The summed E-state index contributed by atoms with van der Waals surface area (Å²) >= 11 is 0. The molecular formula is C48H42N2O9. The molecule has 11 heteroatoms. The van der Waals surface area contributed by atoms with Crippen molar-refractivity contribution < 1.29 is 42.9 Å². The molecule has 0 spiro atoms. The van der Waals surface area contributed by atoms with Gasteiger partial charge >= 0.3 is 23.9 Å². The average molecular weight is 791 g/mol. The summed E-state index contributed by atoms with van der Waals surface area (Å²) in [5, 5.41) is 1.75. The molecule has 0 radical (unpaired) electrons. The molecule has 9 rings (SSSR count). The van der Waals surface area contributed by atoms with Crippen LogP contribution in [-0.4, -0.2) is 71.5 Å². The molecule has 298 valence electrons. The molecule has 0 amide bonds. The summed E-state index contributed by atoms with van der Waals surface area (Å²) in [5.74, 6) is -2.25. The molecule has 2 aliphatic carbocycles. The molecule has 1 saturated heterocycles. The molecule has 11 nitrogen and oxygen atoms in total. The van der Waals surface area contributed by atoms with Crippen molar-refractivity contribution in [2.45, 2.75) is 62.9 Å². The van der Waals surface area contributed by atoms with Gasteiger partial charge in [-0.3, -0.25) is 19.2 Å². The van der Waals surface area contributed by atoms with Crippen LogP contribution < -0.4 is 0 Å². The van der Waals surface area contributed by atoms with E-state index in [-0.39, 0.29) is 38.9 Å². The van der Waals surface area contributed by atoms with E-state index >= 15 is 0 Å². The van der Waals surface area contributed by atoms with Crippen LogP contribution in [0, 0.1) is 0 Å². The lowest BCUT2D eigenvalue weighted by Crippen LogP contribution is -2.47. The number of H-pyrrole nitrogens is 2. The maximum absolute atomic E-state index is 13.8. The number of benzene rings is 4. The lowest BCUT2D eigenvalue weighted by atomic mass is 10.0. The van der Waals surface area contributed by atoms with Gasteiger partial charge in [0.1, 0.15) is 12.7 Å². The number of rotatable bonds is 14. The van der Waals surface area contributed by atoms with Crippen LogP contribution in [-0.2, 0) is 68.5 Å². The molecule has 1 fully saturated rings. The Kier molecular flexibility index (Phi) is 10.7. The minimum atomic E-state index is -1.21. The first-order valence-corrected chi connectivity index (χ1v) is 19.9. The number of allylic oxidation sites excluding steroid dienone is 2. The largest absolute Gasteiger partial charge is 0.461 e. The molecule has 3 aliphatic rings. The fourth-order valence-corrected chi connectivity index (χ4v) is 8.43. The molecule has 0 saturated carbocycles. The van der Waals surface area contributed by atoms with Gasteiger partial charge in [0, 0.05) is 34.2 Å². The number of esters is 4. The molecule has 2 aromatic heterocycles. The molecule has 4 atom stereocenters. The highest BCUT2D eigenvalue weighted by Crippen LogP contribution is 2.33. The standard InChI is InChI=1S/C48H42N2O9/c51-43(21-31-19-17-29-9-1-3-11-35(29)31)55-27-41(57-44(52)22-32-20-18-30-10-2-4-12-36(30)32)47-48(59-46(54)24-34-26-50-40-16-8-6-14-38(34)40)42(28-56-47)58-45(53)23-33-25-49-39-15-7-5-13-37(33)39/h1-16,19-20,25-26,41-42,47-50H,17-18,21-24,27-28H2/t41-,42+,47-,48-/m1/s1. The lowest BCUT2D eigenvalue weighted by Gasteiger charge is -2.29. The van der Waals surface area contributed by atoms with Crippen LogP contribution >= 0.6 is 0 Å². The number of aromatic nitrogens is 2. The van der Waals surface area contributed by atoms with Crippen molar-refractivity contribution in [2.75, 3.05) is 13.2 Å². The molecule has 0 unspecified atom stereocenters. The Morgan fingerprint density at radius 1 is 0.610 bits per heavy atom. The van der Waals surface area contributed by atoms with E-state index in [1.807, 2.05) is 109 Å². The van der Waals surface area contributed by atoms with E-state index in [0.29, 0.717) is 6.42 Å². The highest BCUT2D eigenvalue weighted by molar-refractivity contribution is 5.90. The fraction of sp³-hybridized carbons (Fsp3) is 0.250. The van der Waals surface area contributed by atoms with Gasteiger partial charge in [-0.2, -0.15) is 0 Å². The molecule has 2 N–H and O–H groups in total. The first kappa shape index (κ1) is 37.8. The van der Waals surface area contributed by atoms with Gasteiger partial charge in [0.25, 0.3) is 0 Å². The normalized spacial score (nSPS) is 18.5. The SMILES string of the molecule is O=C(CC1=CCc2ccccc21)OC[C@@H](OC(=O)CC1=CCc2ccccc21)[C@H]1OC[C@H](OC(=O)Cc2c[nH]c3ccccc23)[C@H]1OC(=O)Cc1c[nH]c2ccccc12. The second-order valence-electron chi connectivity index (χ2n) is 15.1. The first-order valence-electron chi connectivity index (χ1n) is 19.9. The molecule has 59 heavy (non-hydrogen) atoms. The van der Waals surface area contributed by atoms with E-state index in [4.69, 9.17) is 23.7 Å². The zero-order chi connectivity index (χ0) is 40.3. The zero-order valence-corrected chi connectivity index (χ0v) is 32.2. The molecule has 4 aromatic carbocycles. The number of nitrogens with one attached hydrogen (secondary N) is 2. The number of carbonyl (C=O) groups excluding carboxylic acids is 4. The van der Waals surface area contributed by atoms with Crippen LogP contribution in [0.15, 0.2) is 122 Å². The molecule has 6 aromatic rings. The fourth-order valence-electron chi connectivity index (χ4n) is 8.43. The van der Waals surface area contributed by atoms with Crippen LogP contribution in [0.25, 0.3) is 33.0 Å². The van der Waals surface area contributed by atoms with E-state index in [0.717, 1.165) is 72.8 Å². The second-order valence-corrected chi connectivity index (χ2v) is 15.1. The van der Waals surface area contributed by atoms with E-state index in [1.54, 1.807) is 12.4 Å². The highest BCUT2D eigenvalue weighted by Gasteiger charge is 2.48. The van der Waals surface area contributed by atoms with Gasteiger partial charge < -0.3 is 33.7 Å². The van der Waals surface area contributed by atoms with Gasteiger partial charge in [-0.15, -0.1) is 0 Å². The Hall–Kier alpha value is -6.72. The molecule has 1 aliphatic heterocycles. The van der Waals surface area contributed by atoms with Gasteiger partial charge in [-0.1, -0.05) is 97.1 Å². The topological polar surface area (TPSA) is 146 Å². The summed E-state index contributed by atoms with van der Waals surface area (Å²) in [4.78, 5) is 60.9. The zero-order valence-electron chi connectivity index (χ0n) is 32.2. The van der Waals surface area contributed by atoms with Crippen molar-refractivity contribution in [3.63, 3.8) is 0 Å². The summed E-state index contributed by atoms with van der Waals surface area (Å²) in [7, 11) is 0. The summed E-state index contributed by atoms with van der Waals surface area (Å²) in [6.07, 6.45) is 4.19. The number of fused-ring (bicyclic) bond motifs is 4. The first-order chi connectivity index (χ1) is 28.9. The molecule has 3 heterocycles. The summed E-state index contributed by atoms with van der Waals surface area (Å²) in [6.45, 7) is -0.536. The minimum Gasteiger partial charge on any atom is -0.461 e. The third-order valence-corrected chi connectivity index (χ3v) is 11.3. The van der Waals surface area contributed by atoms with Crippen LogP contribution in [0.5, 0.6) is 0 Å². The van der Waals surface area contributed by atoms with E-state index in [1.165, 1.54) is 0 Å². The molecule has 0 bridgehead atoms. The number of aromatic amines is 2. The molecular weight excluding hydrogens is 749 g/mol. The number of carbonyl (C=O) groups is 4. The van der Waals surface area contributed by atoms with Crippen LogP contribution in [0.2, 0.25) is 0 Å². The second kappa shape index (κ2) is 16.6. The van der Waals surface area contributed by atoms with Crippen LogP contribution in [0.4, 0.5) is 0 Å². The van der Waals surface area contributed by atoms with Crippen molar-refractivity contribution in [3.05, 3.63) is 155 Å². The van der Waals surface area contributed by atoms with Crippen molar-refractivity contribution in [2.24, 2.45) is 0 Å². The van der Waals surface area contributed by atoms with E-state index in [9.17, 15) is 19.2 Å². The van der Waals surface area contributed by atoms with Gasteiger partial charge in [0.2, 0.25) is 0 Å². The van der Waals surface area contributed by atoms with Gasteiger partial charge in [-0.05, 0) is 69.5 Å². The Morgan fingerprint density at radius 3 is 1.75 bits per heavy atom. The van der Waals surface area contributed by atoms with Crippen LogP contribution in [0.3, 0.4) is 0 Å². The minimum absolute atomic E-state index is 0.0178. The maximum Gasteiger partial charge on any atom is 0.310 e. The van der Waals surface area contributed by atoms with Gasteiger partial charge in [0.05, 0.1) is 32.3 Å². The van der Waals surface area contributed by atoms with E-state index in [2.05, 4.69) is 9.97 Å². The summed E-state index contributed by atoms with van der Waals surface area (Å²) < 4.78 is 30.3. The maximum atomic E-state index is 13.8. The van der Waals surface area contributed by atoms with Crippen molar-refractivity contribution in [1.82, 2.24) is 9.97 Å². The number of hydrogen-bond acceptors (Lipinski definition) is 9. The van der Waals surface area contributed by atoms with Crippen molar-refractivity contribution >= 4 is 56.8 Å². The highest BCUT2D eigenvalue weighted by atomic mass is 16.7. The number of hydrogen-bond donors (Lipinski definition) is 2. The Bertz CT molecular complexity index is 2630. The van der Waals surface area contributed by atoms with Crippen molar-refractivity contribution in [3.8, 4) is 0 Å². The van der Waals surface area contributed by atoms with E-state index < -0.39 is 48.3 Å². The third-order valence-electron chi connectivity index (χ3n) is 11.3. The quantitative estimate of drug-likeness (QED) is 0.0867. The monoisotopic (exact) mass is 790 g/mol. The van der Waals surface area contributed by atoms with Gasteiger partial charge in [0.15, 0.2) is 18.3 Å². The summed E-state index contributed by atoms with van der Waals surface area (Å²) in [5.41, 5.74) is 9.11. The number of ether oxygens (including phenoxy) is 5. The third kappa shape index (κ3) is 8.19. The Balaban J connectivity index is 0.960. The average Bonchev–Trinajstić information content (AvgIpc) is 4.10. The predicted octanol–water partition coefficient (Wildman–Crippen LogP) is 7.17.